The van der Waals surface area contributed by atoms with Crippen LogP contribution in [-0.4, -0.2) is 26.4 Å². The number of carboxylic acid groups (broad SMARTS) is 2. The molecule has 0 aliphatic rings. The van der Waals surface area contributed by atoms with Crippen LogP contribution in [0.15, 0.2) is 59.5 Å². The molecule has 0 aromatic heterocycles. The zero-order chi connectivity index (χ0) is 15.4. The van der Waals surface area contributed by atoms with Crippen LogP contribution in [0.5, 0.6) is 0 Å². The minimum absolute atomic E-state index is 0.00116. The zero-order valence-electron chi connectivity index (χ0n) is 10.8. The molecule has 0 radical (unpaired) electrons. The van der Waals surface area contributed by atoms with Crippen molar-refractivity contribution in [2.75, 3.05) is 0 Å². The molecule has 5 nitrogen and oxygen atoms in total. The molecule has 0 spiro atoms. The van der Waals surface area contributed by atoms with E-state index >= 15 is 0 Å². The summed E-state index contributed by atoms with van der Waals surface area (Å²) in [5.74, 6) is -2.50. The van der Waals surface area contributed by atoms with E-state index < -0.39 is 28.0 Å². The number of hydrogen-bond acceptors (Lipinski definition) is 3. The molecule has 0 bridgehead atoms. The van der Waals surface area contributed by atoms with E-state index in [-0.39, 0.29) is 10.5 Å². The number of aliphatic carboxylic acids is 1. The van der Waals surface area contributed by atoms with Gasteiger partial charge in [0.25, 0.3) is 0 Å². The molecular weight excluding hydrogens is 292 g/mol. The van der Waals surface area contributed by atoms with Crippen molar-refractivity contribution in [3.8, 4) is 0 Å². The minimum atomic E-state index is -2.01. The van der Waals surface area contributed by atoms with Crippen LogP contribution in [0.2, 0.25) is 0 Å². The molecule has 108 valence electrons. The van der Waals surface area contributed by atoms with Crippen molar-refractivity contribution in [2.45, 2.75) is 10.1 Å². The van der Waals surface area contributed by atoms with Gasteiger partial charge in [0.15, 0.2) is 5.25 Å². The summed E-state index contributed by atoms with van der Waals surface area (Å²) in [7, 11) is -2.01. The van der Waals surface area contributed by atoms with Gasteiger partial charge in [-0.25, -0.2) is 4.79 Å². The van der Waals surface area contributed by atoms with Gasteiger partial charge in [-0.15, -0.1) is 0 Å². The lowest BCUT2D eigenvalue weighted by Gasteiger charge is -2.14. The Morgan fingerprint density at radius 3 is 2.05 bits per heavy atom. The van der Waals surface area contributed by atoms with Gasteiger partial charge in [0.1, 0.15) is 0 Å². The maximum Gasteiger partial charge on any atom is 0.336 e. The van der Waals surface area contributed by atoms with Crippen LogP contribution in [0.3, 0.4) is 0 Å². The van der Waals surface area contributed by atoms with E-state index in [9.17, 15) is 18.9 Å². The second-order valence-electron chi connectivity index (χ2n) is 4.23. The van der Waals surface area contributed by atoms with Gasteiger partial charge in [0, 0.05) is 0 Å². The normalized spacial score (nSPS) is 13.3. The van der Waals surface area contributed by atoms with Crippen molar-refractivity contribution < 1.29 is 24.0 Å². The van der Waals surface area contributed by atoms with Crippen molar-refractivity contribution in [3.63, 3.8) is 0 Å². The first-order chi connectivity index (χ1) is 10.0. The van der Waals surface area contributed by atoms with E-state index in [4.69, 9.17) is 5.11 Å². The minimum Gasteiger partial charge on any atom is -0.480 e. The van der Waals surface area contributed by atoms with E-state index in [0.717, 1.165) is 0 Å². The highest BCUT2D eigenvalue weighted by atomic mass is 32.2. The monoisotopic (exact) mass is 304 g/mol. The number of aromatic carboxylic acids is 1. The van der Waals surface area contributed by atoms with Crippen molar-refractivity contribution in [2.24, 2.45) is 0 Å². The Balaban J connectivity index is 2.51. The Morgan fingerprint density at radius 2 is 1.48 bits per heavy atom. The standard InChI is InChI=1S/C15H12O5S/c16-14(17)11-8-4-5-9-12(11)21(20)13(15(18)19)10-6-2-1-3-7-10/h1-9,13H,(H,16,17)(H,18,19)/t13-,21+/m1/s1. The van der Waals surface area contributed by atoms with E-state index in [1.54, 1.807) is 30.3 Å². The molecule has 0 saturated heterocycles. The maximum absolute atomic E-state index is 12.6. The summed E-state index contributed by atoms with van der Waals surface area (Å²) in [6, 6.07) is 13.8. The Labute approximate surface area is 123 Å². The molecule has 0 aliphatic heterocycles. The molecule has 0 heterocycles. The van der Waals surface area contributed by atoms with Crippen molar-refractivity contribution >= 4 is 22.7 Å². The molecule has 2 atom stereocenters. The molecule has 0 aliphatic carbocycles. The second-order valence-corrected chi connectivity index (χ2v) is 5.73. The molecule has 0 unspecified atom stereocenters. The van der Waals surface area contributed by atoms with E-state index in [0.29, 0.717) is 5.56 Å². The third kappa shape index (κ3) is 3.17. The molecule has 21 heavy (non-hydrogen) atoms. The SMILES string of the molecule is O=C(O)c1ccccc1[S@](=O)[C@@H](C(=O)O)c1ccccc1. The molecule has 0 saturated carbocycles. The smallest absolute Gasteiger partial charge is 0.336 e. The van der Waals surface area contributed by atoms with Crippen molar-refractivity contribution in [1.29, 1.82) is 0 Å². The highest BCUT2D eigenvalue weighted by Crippen LogP contribution is 2.27. The fourth-order valence-corrected chi connectivity index (χ4v) is 3.36. The lowest BCUT2D eigenvalue weighted by molar-refractivity contribution is -0.136. The first-order valence-electron chi connectivity index (χ1n) is 6.03. The Morgan fingerprint density at radius 1 is 0.905 bits per heavy atom. The van der Waals surface area contributed by atoms with Crippen molar-refractivity contribution in [1.82, 2.24) is 0 Å². The Hall–Kier alpha value is -2.47. The largest absolute Gasteiger partial charge is 0.480 e. The fraction of sp³-hybridized carbons (Fsp3) is 0.0667. The quantitative estimate of drug-likeness (QED) is 0.884. The Bertz CT molecular complexity index is 696. The molecule has 2 rings (SSSR count). The molecule has 2 N–H and O–H groups in total. The summed E-state index contributed by atoms with van der Waals surface area (Å²) in [4.78, 5) is 22.6. The molecule has 0 fully saturated rings. The molecule has 0 amide bonds. The number of benzene rings is 2. The summed E-state index contributed by atoms with van der Waals surface area (Å²) in [5.41, 5.74) is 0.210. The maximum atomic E-state index is 12.6. The predicted molar refractivity (Wildman–Crippen MR) is 76.6 cm³/mol. The van der Waals surface area contributed by atoms with Crippen LogP contribution < -0.4 is 0 Å². The summed E-state index contributed by atoms with van der Waals surface area (Å²) in [5, 5.41) is 17.2. The highest BCUT2D eigenvalue weighted by molar-refractivity contribution is 7.86. The van der Waals surface area contributed by atoms with Crippen LogP contribution in [0.1, 0.15) is 21.2 Å². The number of carbonyl (C=O) groups is 2. The fourth-order valence-electron chi connectivity index (χ4n) is 1.93. The third-order valence-corrected chi connectivity index (χ3v) is 4.57. The van der Waals surface area contributed by atoms with E-state index in [2.05, 4.69) is 0 Å². The average Bonchev–Trinajstić information content (AvgIpc) is 2.48. The van der Waals surface area contributed by atoms with Crippen molar-refractivity contribution in [3.05, 3.63) is 65.7 Å². The van der Waals surface area contributed by atoms with Crippen LogP contribution in [0.25, 0.3) is 0 Å². The first-order valence-corrected chi connectivity index (χ1v) is 7.24. The third-order valence-electron chi connectivity index (χ3n) is 2.87. The summed E-state index contributed by atoms with van der Waals surface area (Å²) < 4.78 is 12.6. The molecule has 2 aromatic carbocycles. The zero-order valence-corrected chi connectivity index (χ0v) is 11.6. The number of carboxylic acids is 2. The van der Waals surface area contributed by atoms with Crippen LogP contribution in [0.4, 0.5) is 0 Å². The number of hydrogen-bond donors (Lipinski definition) is 2. The highest BCUT2D eigenvalue weighted by Gasteiger charge is 2.30. The summed E-state index contributed by atoms with van der Waals surface area (Å²) >= 11 is 0. The topological polar surface area (TPSA) is 91.7 Å². The van der Waals surface area contributed by atoms with Gasteiger partial charge >= 0.3 is 11.9 Å². The lowest BCUT2D eigenvalue weighted by Crippen LogP contribution is -2.19. The van der Waals surface area contributed by atoms with Crippen LogP contribution in [-0.2, 0) is 15.6 Å². The van der Waals surface area contributed by atoms with E-state index in [1.165, 1.54) is 24.3 Å². The van der Waals surface area contributed by atoms with E-state index in [1.807, 2.05) is 0 Å². The van der Waals surface area contributed by atoms with Gasteiger partial charge in [-0.1, -0.05) is 42.5 Å². The average molecular weight is 304 g/mol. The second kappa shape index (κ2) is 6.32. The van der Waals surface area contributed by atoms with Gasteiger partial charge < -0.3 is 10.2 Å². The Kier molecular flexibility index (Phi) is 4.49. The van der Waals surface area contributed by atoms with Gasteiger partial charge in [-0.2, -0.15) is 0 Å². The molecule has 2 aromatic rings. The number of rotatable bonds is 5. The summed E-state index contributed by atoms with van der Waals surface area (Å²) in [6.07, 6.45) is 0. The molecule has 6 heteroatoms. The molecular formula is C15H12O5S. The van der Waals surface area contributed by atoms with Gasteiger partial charge in [0.05, 0.1) is 21.3 Å². The predicted octanol–water partition coefficient (Wildman–Crippen LogP) is 2.32. The summed E-state index contributed by atoms with van der Waals surface area (Å²) in [6.45, 7) is 0. The van der Waals surface area contributed by atoms with Gasteiger partial charge in [-0.05, 0) is 17.7 Å². The van der Waals surface area contributed by atoms with Gasteiger partial charge in [0.2, 0.25) is 0 Å². The van der Waals surface area contributed by atoms with Gasteiger partial charge in [-0.3, -0.25) is 9.00 Å². The van der Waals surface area contributed by atoms with Crippen LogP contribution in [0, 0.1) is 0 Å². The lowest BCUT2D eigenvalue weighted by atomic mass is 10.1. The first kappa shape index (κ1) is 14.9. The van der Waals surface area contributed by atoms with Crippen LogP contribution >= 0.6 is 0 Å².